The zero-order chi connectivity index (χ0) is 20.4. The van der Waals surface area contributed by atoms with Gasteiger partial charge in [0.25, 0.3) is 0 Å². The third-order valence-corrected chi connectivity index (χ3v) is 6.10. The van der Waals surface area contributed by atoms with Crippen LogP contribution in [0, 0.1) is 0 Å². The van der Waals surface area contributed by atoms with Crippen molar-refractivity contribution in [2.75, 3.05) is 18.1 Å². The maximum absolute atomic E-state index is 11.6. The van der Waals surface area contributed by atoms with Crippen molar-refractivity contribution >= 4 is 15.7 Å². The van der Waals surface area contributed by atoms with Crippen LogP contribution < -0.4 is 9.46 Å². The van der Waals surface area contributed by atoms with Gasteiger partial charge >= 0.3 is 0 Å². The number of benzene rings is 3. The Balaban J connectivity index is 1.77. The molecule has 5 heteroatoms. The number of ether oxygens (including phenoxy) is 1. The van der Waals surface area contributed by atoms with E-state index in [1.807, 2.05) is 18.2 Å². The number of hydrogen-bond acceptors (Lipinski definition) is 3. The predicted octanol–water partition coefficient (Wildman–Crippen LogP) is 4.54. The van der Waals surface area contributed by atoms with Gasteiger partial charge in [0.1, 0.15) is 5.75 Å². The first-order valence-corrected chi connectivity index (χ1v) is 11.6. The van der Waals surface area contributed by atoms with E-state index in [4.69, 9.17) is 4.74 Å². The third-order valence-electron chi connectivity index (χ3n) is 5.49. The molecule has 4 nitrogen and oxygen atoms in total. The summed E-state index contributed by atoms with van der Waals surface area (Å²) in [6.07, 6.45) is 3.98. The first-order chi connectivity index (χ1) is 13.9. The zero-order valence-corrected chi connectivity index (χ0v) is 17.5. The molecule has 0 unspecified atom stereocenters. The van der Waals surface area contributed by atoms with Crippen molar-refractivity contribution in [1.29, 1.82) is 0 Å². The Morgan fingerprint density at radius 1 is 0.931 bits per heavy atom. The Bertz CT molecular complexity index is 1140. The van der Waals surface area contributed by atoms with Crippen molar-refractivity contribution in [2.24, 2.45) is 0 Å². The summed E-state index contributed by atoms with van der Waals surface area (Å²) in [7, 11) is -1.61. The molecule has 3 aromatic carbocycles. The average molecular weight is 408 g/mol. The third kappa shape index (κ3) is 4.46. The molecule has 150 valence electrons. The lowest BCUT2D eigenvalue weighted by atomic mass is 9.83. The summed E-state index contributed by atoms with van der Waals surface area (Å²) in [5.41, 5.74) is 7.03. The van der Waals surface area contributed by atoms with Crippen LogP contribution >= 0.6 is 0 Å². The molecule has 1 aliphatic carbocycles. The maximum atomic E-state index is 11.6. The lowest BCUT2D eigenvalue weighted by Gasteiger charge is -2.21. The molecule has 0 saturated carbocycles. The fourth-order valence-electron chi connectivity index (χ4n) is 4.22. The van der Waals surface area contributed by atoms with Crippen LogP contribution in [0.5, 0.6) is 5.75 Å². The van der Waals surface area contributed by atoms with Crippen molar-refractivity contribution in [3.05, 3.63) is 94.5 Å². The van der Waals surface area contributed by atoms with Crippen LogP contribution in [0.3, 0.4) is 0 Å². The Hall–Kier alpha value is -2.79. The summed E-state index contributed by atoms with van der Waals surface area (Å²) in [4.78, 5) is 0. The molecule has 1 aliphatic rings. The molecule has 0 aromatic heterocycles. The van der Waals surface area contributed by atoms with Crippen LogP contribution in [0.1, 0.15) is 33.7 Å². The average Bonchev–Trinajstić information content (AvgIpc) is 2.84. The number of sulfonamides is 1. The molecule has 0 radical (unpaired) electrons. The molecule has 29 heavy (non-hydrogen) atoms. The van der Waals surface area contributed by atoms with Gasteiger partial charge in [0.05, 0.1) is 13.4 Å². The molecule has 0 aliphatic heterocycles. The second kappa shape index (κ2) is 7.91. The topological polar surface area (TPSA) is 55.4 Å². The molecular formula is C24H25NO3S. The van der Waals surface area contributed by atoms with Gasteiger partial charge in [-0.05, 0) is 71.3 Å². The van der Waals surface area contributed by atoms with Gasteiger partial charge in [-0.15, -0.1) is 0 Å². The van der Waals surface area contributed by atoms with E-state index >= 15 is 0 Å². The number of hydrogen-bond donors (Lipinski definition) is 1. The second-order valence-electron chi connectivity index (χ2n) is 7.59. The molecule has 0 bridgehead atoms. The Labute approximate surface area is 172 Å². The molecule has 1 N–H and O–H groups in total. The minimum Gasteiger partial charge on any atom is -0.497 e. The minimum absolute atomic E-state index is 0.187. The highest BCUT2D eigenvalue weighted by atomic mass is 32.2. The smallest absolute Gasteiger partial charge is 0.229 e. The molecule has 4 rings (SSSR count). The van der Waals surface area contributed by atoms with Gasteiger partial charge in [-0.1, -0.05) is 42.5 Å². The Kier molecular flexibility index (Phi) is 5.33. The van der Waals surface area contributed by atoms with E-state index < -0.39 is 10.0 Å². The number of anilines is 1. The SMILES string of the molecule is COc1ccc2c(c1)[C@@H](Cc1cccc(NS(C)(=O)=O)c1)c1ccccc1CC2. The minimum atomic E-state index is -3.31. The van der Waals surface area contributed by atoms with E-state index in [1.54, 1.807) is 13.2 Å². The number of aryl methyl sites for hydroxylation is 2. The van der Waals surface area contributed by atoms with Crippen molar-refractivity contribution < 1.29 is 13.2 Å². The molecule has 0 amide bonds. The van der Waals surface area contributed by atoms with Crippen LogP contribution in [0.2, 0.25) is 0 Å². The standard InChI is InChI=1S/C24H25NO3S/c1-28-21-13-12-19-11-10-18-7-3-4-9-22(18)24(23(19)16-21)15-17-6-5-8-20(14-17)25-29(2,26)27/h3-9,12-14,16,24-25H,10-11,15H2,1-2H3/t24-/m0/s1. The van der Waals surface area contributed by atoms with Crippen LogP contribution in [-0.4, -0.2) is 21.8 Å². The van der Waals surface area contributed by atoms with Crippen LogP contribution in [0.15, 0.2) is 66.7 Å². The predicted molar refractivity (Wildman–Crippen MR) is 117 cm³/mol. The largest absolute Gasteiger partial charge is 0.497 e. The van der Waals surface area contributed by atoms with Gasteiger partial charge in [-0.25, -0.2) is 8.42 Å². The highest BCUT2D eigenvalue weighted by Gasteiger charge is 2.24. The quantitative estimate of drug-likeness (QED) is 0.676. The van der Waals surface area contributed by atoms with Gasteiger partial charge < -0.3 is 4.74 Å². The number of fused-ring (bicyclic) bond motifs is 2. The van der Waals surface area contributed by atoms with Gasteiger partial charge in [0.2, 0.25) is 10.0 Å². The van der Waals surface area contributed by atoms with Crippen molar-refractivity contribution in [2.45, 2.75) is 25.2 Å². The summed E-state index contributed by atoms with van der Waals surface area (Å²) < 4.78 is 31.3. The summed E-state index contributed by atoms with van der Waals surface area (Å²) in [5, 5.41) is 0. The molecule has 0 spiro atoms. The Morgan fingerprint density at radius 2 is 1.69 bits per heavy atom. The number of rotatable bonds is 5. The zero-order valence-electron chi connectivity index (χ0n) is 16.7. The summed E-state index contributed by atoms with van der Waals surface area (Å²) in [6.45, 7) is 0. The van der Waals surface area contributed by atoms with Crippen molar-refractivity contribution in [1.82, 2.24) is 0 Å². The summed E-state index contributed by atoms with van der Waals surface area (Å²) in [6, 6.07) is 22.6. The first-order valence-electron chi connectivity index (χ1n) is 9.74. The number of methoxy groups -OCH3 is 1. The molecule has 0 fully saturated rings. The molecule has 0 saturated heterocycles. The summed E-state index contributed by atoms with van der Waals surface area (Å²) >= 11 is 0. The second-order valence-corrected chi connectivity index (χ2v) is 9.34. The van der Waals surface area contributed by atoms with Crippen molar-refractivity contribution in [3.63, 3.8) is 0 Å². The van der Waals surface area contributed by atoms with Crippen LogP contribution in [-0.2, 0) is 29.3 Å². The van der Waals surface area contributed by atoms with Crippen molar-refractivity contribution in [3.8, 4) is 5.75 Å². The lowest BCUT2D eigenvalue weighted by molar-refractivity contribution is 0.414. The number of nitrogens with one attached hydrogen (secondary N) is 1. The van der Waals surface area contributed by atoms with E-state index in [2.05, 4.69) is 47.2 Å². The van der Waals surface area contributed by atoms with E-state index in [0.717, 1.165) is 30.6 Å². The molecular weight excluding hydrogens is 382 g/mol. The highest BCUT2D eigenvalue weighted by molar-refractivity contribution is 7.92. The molecule has 0 heterocycles. The van der Waals surface area contributed by atoms with E-state index in [9.17, 15) is 8.42 Å². The van der Waals surface area contributed by atoms with Crippen LogP contribution in [0.25, 0.3) is 0 Å². The monoisotopic (exact) mass is 407 g/mol. The highest BCUT2D eigenvalue weighted by Crippen LogP contribution is 2.38. The normalized spacial score (nSPS) is 15.7. The van der Waals surface area contributed by atoms with Gasteiger partial charge in [-0.2, -0.15) is 0 Å². The molecule has 3 aromatic rings. The Morgan fingerprint density at radius 3 is 2.45 bits per heavy atom. The van der Waals surface area contributed by atoms with E-state index in [-0.39, 0.29) is 5.92 Å². The first kappa shape index (κ1) is 19.5. The van der Waals surface area contributed by atoms with E-state index in [1.165, 1.54) is 28.5 Å². The maximum Gasteiger partial charge on any atom is 0.229 e. The fraction of sp³-hybridized carbons (Fsp3) is 0.250. The lowest BCUT2D eigenvalue weighted by Crippen LogP contribution is -2.11. The van der Waals surface area contributed by atoms with Gasteiger partial charge in [0, 0.05) is 11.6 Å². The van der Waals surface area contributed by atoms with Crippen LogP contribution in [0.4, 0.5) is 5.69 Å². The summed E-state index contributed by atoms with van der Waals surface area (Å²) in [5.74, 6) is 1.05. The fourth-order valence-corrected chi connectivity index (χ4v) is 4.78. The molecule has 1 atom stereocenters. The van der Waals surface area contributed by atoms with Gasteiger partial charge in [-0.3, -0.25) is 4.72 Å². The van der Waals surface area contributed by atoms with Gasteiger partial charge in [0.15, 0.2) is 0 Å². The van der Waals surface area contributed by atoms with E-state index in [0.29, 0.717) is 5.69 Å².